The molecule has 0 saturated carbocycles. The predicted molar refractivity (Wildman–Crippen MR) is 111 cm³/mol. The van der Waals surface area contributed by atoms with E-state index in [9.17, 15) is 9.18 Å². The summed E-state index contributed by atoms with van der Waals surface area (Å²) < 4.78 is 14.0. The van der Waals surface area contributed by atoms with Gasteiger partial charge in [-0.15, -0.1) is 0 Å². The van der Waals surface area contributed by atoms with Gasteiger partial charge in [-0.1, -0.05) is 23.7 Å². The molecule has 0 spiro atoms. The van der Waals surface area contributed by atoms with Crippen LogP contribution >= 0.6 is 11.6 Å². The van der Waals surface area contributed by atoms with E-state index in [-0.39, 0.29) is 11.2 Å². The molecular weight excluding hydrogens is 377 g/mol. The summed E-state index contributed by atoms with van der Waals surface area (Å²) in [6, 6.07) is 12.7. The van der Waals surface area contributed by atoms with Gasteiger partial charge in [-0.05, 0) is 55.8 Å². The maximum absolute atomic E-state index is 14.0. The number of nitrogens with zero attached hydrogens (tertiary/aromatic N) is 1. The zero-order chi connectivity index (χ0) is 19.5. The van der Waals surface area contributed by atoms with Crippen LogP contribution in [0.2, 0.25) is 5.02 Å². The Bertz CT molecular complexity index is 1010. The van der Waals surface area contributed by atoms with Gasteiger partial charge in [0, 0.05) is 52.9 Å². The second-order valence-electron chi connectivity index (χ2n) is 7.35. The molecule has 0 atom stereocenters. The lowest BCUT2D eigenvalue weighted by atomic mass is 10.0. The third kappa shape index (κ3) is 4.27. The summed E-state index contributed by atoms with van der Waals surface area (Å²) in [5.41, 5.74) is 2.63. The zero-order valence-corrected chi connectivity index (χ0v) is 16.3. The van der Waals surface area contributed by atoms with Crippen LogP contribution in [0.4, 0.5) is 4.39 Å². The van der Waals surface area contributed by atoms with E-state index in [4.69, 9.17) is 11.6 Å². The average Bonchev–Trinajstić information content (AvgIpc) is 2.70. The highest BCUT2D eigenvalue weighted by Gasteiger charge is 2.20. The molecule has 0 aliphatic carbocycles. The van der Waals surface area contributed by atoms with Crippen molar-refractivity contribution < 1.29 is 4.39 Å². The van der Waals surface area contributed by atoms with Crippen LogP contribution in [0.3, 0.4) is 0 Å². The fourth-order valence-corrected chi connectivity index (χ4v) is 4.02. The number of nitrogens with one attached hydrogen (secondary N) is 2. The van der Waals surface area contributed by atoms with Gasteiger partial charge in [-0.3, -0.25) is 9.69 Å². The quantitative estimate of drug-likeness (QED) is 0.679. The van der Waals surface area contributed by atoms with Crippen molar-refractivity contribution in [3.63, 3.8) is 0 Å². The molecule has 0 amide bonds. The van der Waals surface area contributed by atoms with Gasteiger partial charge in [0.25, 0.3) is 0 Å². The molecule has 146 valence electrons. The van der Waals surface area contributed by atoms with Crippen molar-refractivity contribution >= 4 is 22.5 Å². The molecule has 6 heteroatoms. The fourth-order valence-electron chi connectivity index (χ4n) is 3.80. The van der Waals surface area contributed by atoms with Gasteiger partial charge in [0.2, 0.25) is 0 Å². The molecule has 1 aromatic heterocycles. The van der Waals surface area contributed by atoms with E-state index in [1.807, 2.05) is 18.2 Å². The van der Waals surface area contributed by atoms with E-state index in [2.05, 4.69) is 15.2 Å². The SMILES string of the molecule is O=c1cc[nH]c2cc(CNC3CCN(Cc4c(F)cccc4Cl)CC3)ccc12. The first kappa shape index (κ1) is 19.1. The van der Waals surface area contributed by atoms with Crippen LogP contribution in [0.1, 0.15) is 24.0 Å². The number of likely N-dealkylation sites (tertiary alicyclic amines) is 1. The van der Waals surface area contributed by atoms with Gasteiger partial charge < -0.3 is 10.3 Å². The Balaban J connectivity index is 1.31. The average molecular weight is 400 g/mol. The van der Waals surface area contributed by atoms with Crippen LogP contribution in [-0.2, 0) is 13.1 Å². The molecule has 1 aliphatic rings. The normalized spacial score (nSPS) is 15.9. The molecule has 0 bridgehead atoms. The smallest absolute Gasteiger partial charge is 0.189 e. The van der Waals surface area contributed by atoms with Crippen molar-refractivity contribution in [1.29, 1.82) is 0 Å². The van der Waals surface area contributed by atoms with Gasteiger partial charge >= 0.3 is 0 Å². The highest BCUT2D eigenvalue weighted by Crippen LogP contribution is 2.23. The second kappa shape index (κ2) is 8.43. The number of aromatic amines is 1. The van der Waals surface area contributed by atoms with Crippen molar-refractivity contribution in [3.8, 4) is 0 Å². The van der Waals surface area contributed by atoms with Crippen LogP contribution in [-0.4, -0.2) is 29.0 Å². The molecule has 2 aromatic carbocycles. The van der Waals surface area contributed by atoms with Crippen LogP contribution in [0.5, 0.6) is 0 Å². The maximum atomic E-state index is 14.0. The minimum atomic E-state index is -0.234. The molecule has 28 heavy (non-hydrogen) atoms. The Morgan fingerprint density at radius 2 is 2.00 bits per heavy atom. The summed E-state index contributed by atoms with van der Waals surface area (Å²) in [4.78, 5) is 17.2. The lowest BCUT2D eigenvalue weighted by molar-refractivity contribution is 0.188. The second-order valence-corrected chi connectivity index (χ2v) is 7.76. The summed E-state index contributed by atoms with van der Waals surface area (Å²) in [6.45, 7) is 3.13. The summed E-state index contributed by atoms with van der Waals surface area (Å²) in [6.07, 6.45) is 3.70. The summed E-state index contributed by atoms with van der Waals surface area (Å²) in [5.74, 6) is -0.234. The first-order valence-electron chi connectivity index (χ1n) is 9.59. The minimum absolute atomic E-state index is 0.0376. The minimum Gasteiger partial charge on any atom is -0.361 e. The topological polar surface area (TPSA) is 48.1 Å². The van der Waals surface area contributed by atoms with Gasteiger partial charge in [0.05, 0.1) is 0 Å². The van der Waals surface area contributed by atoms with E-state index in [1.165, 1.54) is 6.07 Å². The third-order valence-corrected chi connectivity index (χ3v) is 5.80. The van der Waals surface area contributed by atoms with Crippen LogP contribution < -0.4 is 10.7 Å². The van der Waals surface area contributed by atoms with Crippen LogP contribution in [0, 0.1) is 5.82 Å². The van der Waals surface area contributed by atoms with E-state index < -0.39 is 0 Å². The number of rotatable bonds is 5. The van der Waals surface area contributed by atoms with Crippen LogP contribution in [0.15, 0.2) is 53.5 Å². The lowest BCUT2D eigenvalue weighted by Crippen LogP contribution is -2.42. The number of hydrogen-bond donors (Lipinski definition) is 2. The number of halogens is 2. The molecule has 2 N–H and O–H groups in total. The highest BCUT2D eigenvalue weighted by molar-refractivity contribution is 6.31. The van der Waals surface area contributed by atoms with Gasteiger partial charge in [0.1, 0.15) is 5.82 Å². The summed E-state index contributed by atoms with van der Waals surface area (Å²) in [7, 11) is 0. The maximum Gasteiger partial charge on any atom is 0.189 e. The van der Waals surface area contributed by atoms with Gasteiger partial charge in [0.15, 0.2) is 5.43 Å². The molecule has 3 aromatic rings. The largest absolute Gasteiger partial charge is 0.361 e. The van der Waals surface area contributed by atoms with Crippen molar-refractivity contribution in [2.75, 3.05) is 13.1 Å². The number of fused-ring (bicyclic) bond motifs is 1. The molecule has 4 rings (SSSR count). The fraction of sp³-hybridized carbons (Fsp3) is 0.318. The van der Waals surface area contributed by atoms with E-state index >= 15 is 0 Å². The number of hydrogen-bond acceptors (Lipinski definition) is 3. The Kier molecular flexibility index (Phi) is 5.76. The monoisotopic (exact) mass is 399 g/mol. The molecule has 1 aliphatic heterocycles. The molecular formula is C22H23ClFN3O. The first-order valence-corrected chi connectivity index (χ1v) is 9.97. The Hall–Kier alpha value is -2.21. The van der Waals surface area contributed by atoms with E-state index in [0.717, 1.165) is 43.6 Å². The number of H-pyrrole nitrogens is 1. The zero-order valence-electron chi connectivity index (χ0n) is 15.6. The number of piperidine rings is 1. The number of pyridine rings is 1. The number of benzene rings is 2. The lowest BCUT2D eigenvalue weighted by Gasteiger charge is -2.32. The van der Waals surface area contributed by atoms with Gasteiger partial charge in [-0.25, -0.2) is 4.39 Å². The molecule has 0 unspecified atom stereocenters. The Labute approximate surface area is 168 Å². The Morgan fingerprint density at radius 1 is 1.18 bits per heavy atom. The van der Waals surface area contributed by atoms with Crippen molar-refractivity contribution in [1.82, 2.24) is 15.2 Å². The standard InChI is InChI=1S/C22H23ClFN3O/c23-19-2-1-3-20(24)18(19)14-27-10-7-16(8-11-27)26-13-15-4-5-17-21(12-15)25-9-6-22(17)28/h1-6,9,12,16,26H,7-8,10-11,13-14H2,(H,25,28). The summed E-state index contributed by atoms with van der Waals surface area (Å²) >= 11 is 6.15. The number of aromatic nitrogens is 1. The van der Waals surface area contributed by atoms with E-state index in [1.54, 1.807) is 24.4 Å². The molecule has 1 fully saturated rings. The third-order valence-electron chi connectivity index (χ3n) is 5.45. The Morgan fingerprint density at radius 3 is 2.79 bits per heavy atom. The van der Waals surface area contributed by atoms with Crippen molar-refractivity contribution in [3.05, 3.63) is 80.9 Å². The van der Waals surface area contributed by atoms with E-state index in [0.29, 0.717) is 28.6 Å². The highest BCUT2D eigenvalue weighted by atomic mass is 35.5. The molecule has 0 radical (unpaired) electrons. The molecule has 1 saturated heterocycles. The predicted octanol–water partition coefficient (Wildman–Crippen LogP) is 4.07. The summed E-state index contributed by atoms with van der Waals surface area (Å²) in [5, 5.41) is 4.81. The molecule has 4 nitrogen and oxygen atoms in total. The van der Waals surface area contributed by atoms with Crippen molar-refractivity contribution in [2.45, 2.75) is 32.0 Å². The van der Waals surface area contributed by atoms with Crippen molar-refractivity contribution in [2.24, 2.45) is 0 Å². The molecule has 2 heterocycles. The van der Waals surface area contributed by atoms with Crippen LogP contribution in [0.25, 0.3) is 10.9 Å². The first-order chi connectivity index (χ1) is 13.6. The van der Waals surface area contributed by atoms with Gasteiger partial charge in [-0.2, -0.15) is 0 Å².